The van der Waals surface area contributed by atoms with Gasteiger partial charge in [-0.3, -0.25) is 0 Å². The second-order valence-electron chi connectivity index (χ2n) is 6.50. The minimum atomic E-state index is -3.26. The van der Waals surface area contributed by atoms with Gasteiger partial charge in [0.15, 0.2) is 0 Å². The average Bonchev–Trinajstić information content (AvgIpc) is 3.16. The van der Waals surface area contributed by atoms with E-state index in [1.54, 1.807) is 6.92 Å². The molecule has 0 radical (unpaired) electrons. The molecule has 6 nitrogen and oxygen atoms in total. The number of aliphatic hydroxyl groups is 1. The highest BCUT2D eigenvalue weighted by Crippen LogP contribution is 2.45. The van der Waals surface area contributed by atoms with E-state index >= 15 is 0 Å². The number of hydrogen-bond donors (Lipinski definition) is 1. The molecule has 0 unspecified atom stereocenters. The molecule has 0 spiro atoms. The van der Waals surface area contributed by atoms with Crippen LogP contribution in [0.2, 0.25) is 0 Å². The summed E-state index contributed by atoms with van der Waals surface area (Å²) in [5, 5.41) is 10.7. The third-order valence-electron chi connectivity index (χ3n) is 5.28. The molecular formula is C17H21N3O3S. The minimum Gasteiger partial charge on any atom is -0.391 e. The van der Waals surface area contributed by atoms with Gasteiger partial charge in [-0.15, -0.1) is 0 Å². The third-order valence-corrected chi connectivity index (χ3v) is 7.13. The zero-order chi connectivity index (χ0) is 16.9. The molecule has 3 atom stereocenters. The normalized spacial score (nSPS) is 27.0. The van der Waals surface area contributed by atoms with Crippen LogP contribution in [0.4, 0.5) is 0 Å². The summed E-state index contributed by atoms with van der Waals surface area (Å²) in [5.74, 6) is 0.0485. The van der Waals surface area contributed by atoms with E-state index in [0.717, 1.165) is 11.3 Å². The van der Waals surface area contributed by atoms with E-state index in [1.165, 1.54) is 9.87 Å². The lowest BCUT2D eigenvalue weighted by molar-refractivity contribution is 0.0343. The third kappa shape index (κ3) is 2.30. The van der Waals surface area contributed by atoms with Crippen molar-refractivity contribution in [3.63, 3.8) is 0 Å². The molecule has 2 aliphatic rings. The fourth-order valence-electron chi connectivity index (χ4n) is 4.03. The Hall–Kier alpha value is -1.70. The van der Waals surface area contributed by atoms with Crippen molar-refractivity contribution in [2.24, 2.45) is 5.92 Å². The van der Waals surface area contributed by atoms with E-state index in [-0.39, 0.29) is 24.3 Å². The maximum absolute atomic E-state index is 12.1. The molecule has 2 aliphatic heterocycles. The summed E-state index contributed by atoms with van der Waals surface area (Å²) >= 11 is 0. The number of hydrogen-bond acceptors (Lipinski definition) is 4. The molecule has 7 heteroatoms. The van der Waals surface area contributed by atoms with Gasteiger partial charge in [0.25, 0.3) is 0 Å². The predicted octanol–water partition coefficient (Wildman–Crippen LogP) is 1.49. The zero-order valence-electron chi connectivity index (χ0n) is 13.5. The predicted molar refractivity (Wildman–Crippen MR) is 90.9 cm³/mol. The van der Waals surface area contributed by atoms with E-state index in [0.29, 0.717) is 13.0 Å². The number of aromatic nitrogens is 2. The minimum absolute atomic E-state index is 0.0141. The van der Waals surface area contributed by atoms with Crippen LogP contribution in [0, 0.1) is 5.92 Å². The Morgan fingerprint density at radius 3 is 2.88 bits per heavy atom. The highest BCUT2D eigenvalue weighted by atomic mass is 32.2. The lowest BCUT2D eigenvalue weighted by Crippen LogP contribution is -2.49. The number of fused-ring (bicyclic) bond motifs is 3. The summed E-state index contributed by atoms with van der Waals surface area (Å²) in [4.78, 5) is 4.26. The van der Waals surface area contributed by atoms with Crippen molar-refractivity contribution < 1.29 is 13.5 Å². The number of nitrogens with zero attached hydrogens (tertiary/aromatic N) is 3. The van der Waals surface area contributed by atoms with Crippen molar-refractivity contribution in [3.8, 4) is 11.3 Å². The van der Waals surface area contributed by atoms with Gasteiger partial charge in [-0.05, 0) is 18.9 Å². The van der Waals surface area contributed by atoms with Crippen molar-refractivity contribution in [2.45, 2.75) is 25.5 Å². The number of rotatable bonds is 3. The Morgan fingerprint density at radius 1 is 1.33 bits per heavy atom. The van der Waals surface area contributed by atoms with Crippen LogP contribution in [0.3, 0.4) is 0 Å². The molecule has 0 bridgehead atoms. The molecule has 1 saturated heterocycles. The van der Waals surface area contributed by atoms with Crippen LogP contribution in [-0.4, -0.2) is 52.3 Å². The lowest BCUT2D eigenvalue weighted by atomic mass is 9.84. The van der Waals surface area contributed by atoms with Crippen molar-refractivity contribution in [1.29, 1.82) is 0 Å². The van der Waals surface area contributed by atoms with Gasteiger partial charge in [-0.25, -0.2) is 13.4 Å². The first kappa shape index (κ1) is 15.8. The van der Waals surface area contributed by atoms with Crippen LogP contribution in [0.25, 0.3) is 11.3 Å². The van der Waals surface area contributed by atoms with Crippen LogP contribution < -0.4 is 0 Å². The van der Waals surface area contributed by atoms with Crippen LogP contribution >= 0.6 is 0 Å². The Labute approximate surface area is 141 Å². The molecule has 1 N–H and O–H groups in total. The quantitative estimate of drug-likeness (QED) is 0.913. The molecule has 2 aromatic rings. The van der Waals surface area contributed by atoms with Gasteiger partial charge >= 0.3 is 0 Å². The van der Waals surface area contributed by atoms with Crippen LogP contribution in [0.15, 0.2) is 36.8 Å². The van der Waals surface area contributed by atoms with Crippen LogP contribution in [-0.2, 0) is 10.0 Å². The Bertz CT molecular complexity index is 861. The summed E-state index contributed by atoms with van der Waals surface area (Å²) in [6, 6.07) is 8.20. The van der Waals surface area contributed by atoms with Gasteiger partial charge in [0, 0.05) is 24.6 Å². The van der Waals surface area contributed by atoms with Crippen molar-refractivity contribution in [1.82, 2.24) is 13.9 Å². The van der Waals surface area contributed by atoms with E-state index in [4.69, 9.17) is 0 Å². The first-order valence-electron chi connectivity index (χ1n) is 8.30. The number of aliphatic hydroxyl groups excluding tert-OH is 1. The monoisotopic (exact) mass is 347 g/mol. The Morgan fingerprint density at radius 2 is 2.12 bits per heavy atom. The highest BCUT2D eigenvalue weighted by Gasteiger charge is 2.41. The molecule has 128 valence electrons. The Kier molecular flexibility index (Phi) is 3.74. The topological polar surface area (TPSA) is 75.4 Å². The SMILES string of the molecule is CCS(=O)(=O)N1CC[C@@H]([C@H]2c3ccccc3-c3cncn32)[C@H](O)C1. The highest BCUT2D eigenvalue weighted by molar-refractivity contribution is 7.89. The zero-order valence-corrected chi connectivity index (χ0v) is 14.4. The largest absolute Gasteiger partial charge is 0.391 e. The van der Waals surface area contributed by atoms with Gasteiger partial charge in [0.2, 0.25) is 10.0 Å². The van der Waals surface area contributed by atoms with Crippen molar-refractivity contribution in [3.05, 3.63) is 42.4 Å². The van der Waals surface area contributed by atoms with E-state index in [1.807, 2.05) is 24.7 Å². The second-order valence-corrected chi connectivity index (χ2v) is 8.75. The number of sulfonamides is 1. The molecule has 24 heavy (non-hydrogen) atoms. The summed E-state index contributed by atoms with van der Waals surface area (Å²) in [7, 11) is -3.26. The fraction of sp³-hybridized carbons (Fsp3) is 0.471. The summed E-state index contributed by atoms with van der Waals surface area (Å²) in [5.41, 5.74) is 3.40. The van der Waals surface area contributed by atoms with Gasteiger partial charge in [0.05, 0.1) is 36.1 Å². The van der Waals surface area contributed by atoms with Crippen molar-refractivity contribution in [2.75, 3.05) is 18.8 Å². The molecule has 0 saturated carbocycles. The molecule has 0 aliphatic carbocycles. The van der Waals surface area contributed by atoms with E-state index in [9.17, 15) is 13.5 Å². The number of β-amino-alcohol motifs (C(OH)–C–C–N with tert-alkyl or cyclic N) is 1. The van der Waals surface area contributed by atoms with E-state index < -0.39 is 16.1 Å². The van der Waals surface area contributed by atoms with Gasteiger partial charge in [-0.2, -0.15) is 4.31 Å². The first-order chi connectivity index (χ1) is 11.5. The molecule has 0 amide bonds. The standard InChI is InChI=1S/C17H21N3O3S/c1-2-24(22,23)19-8-7-14(16(21)10-19)17-13-6-4-3-5-12(13)15-9-18-11-20(15)17/h3-6,9,11,14,16-17,21H,2,7-8,10H2,1H3/t14-,16-,17-/m1/s1. The average molecular weight is 347 g/mol. The summed E-state index contributed by atoms with van der Waals surface area (Å²) in [6.07, 6.45) is 3.60. The molecular weight excluding hydrogens is 326 g/mol. The molecule has 4 rings (SSSR count). The lowest BCUT2D eigenvalue weighted by Gasteiger charge is -2.38. The van der Waals surface area contributed by atoms with Crippen molar-refractivity contribution >= 4 is 10.0 Å². The number of imidazole rings is 1. The molecule has 3 heterocycles. The smallest absolute Gasteiger partial charge is 0.213 e. The second kappa shape index (κ2) is 5.68. The summed E-state index contributed by atoms with van der Waals surface area (Å²) in [6.45, 7) is 2.27. The maximum Gasteiger partial charge on any atom is 0.213 e. The fourth-order valence-corrected chi connectivity index (χ4v) is 5.16. The van der Waals surface area contributed by atoms with Crippen LogP contribution in [0.5, 0.6) is 0 Å². The van der Waals surface area contributed by atoms with Gasteiger partial charge in [0.1, 0.15) is 0 Å². The number of benzene rings is 1. The molecule has 1 fully saturated rings. The van der Waals surface area contributed by atoms with Crippen LogP contribution in [0.1, 0.15) is 24.9 Å². The Balaban J connectivity index is 1.66. The number of piperidine rings is 1. The molecule has 1 aromatic carbocycles. The van der Waals surface area contributed by atoms with Gasteiger partial charge < -0.3 is 9.67 Å². The first-order valence-corrected chi connectivity index (χ1v) is 9.91. The van der Waals surface area contributed by atoms with Gasteiger partial charge in [-0.1, -0.05) is 24.3 Å². The molecule has 1 aromatic heterocycles. The summed E-state index contributed by atoms with van der Waals surface area (Å²) < 4.78 is 27.7. The maximum atomic E-state index is 12.1. The van der Waals surface area contributed by atoms with E-state index in [2.05, 4.69) is 21.7 Å².